The van der Waals surface area contributed by atoms with Gasteiger partial charge in [0, 0.05) is 11.8 Å². The molecule has 4 rings (SSSR count). The molecule has 24 heavy (non-hydrogen) atoms. The highest BCUT2D eigenvalue weighted by atomic mass is 16.2. The van der Waals surface area contributed by atoms with Gasteiger partial charge in [0.1, 0.15) is 0 Å². The van der Waals surface area contributed by atoms with E-state index in [4.69, 9.17) is 5.73 Å². The number of aromatic nitrogens is 2. The lowest BCUT2D eigenvalue weighted by Gasteiger charge is -2.34. The maximum atomic E-state index is 12.4. The van der Waals surface area contributed by atoms with Crippen molar-refractivity contribution in [2.45, 2.75) is 19.0 Å². The smallest absolute Gasteiger partial charge is 0.322 e. The van der Waals surface area contributed by atoms with Gasteiger partial charge in [0.15, 0.2) is 0 Å². The first-order valence-electron chi connectivity index (χ1n) is 7.84. The molecule has 2 aromatic carbocycles. The second kappa shape index (κ2) is 5.32. The molecule has 5 heteroatoms. The molecular formula is C19H17N3O2. The zero-order valence-corrected chi connectivity index (χ0v) is 13.2. The van der Waals surface area contributed by atoms with Gasteiger partial charge >= 0.3 is 5.69 Å². The van der Waals surface area contributed by atoms with Crippen molar-refractivity contribution in [2.75, 3.05) is 0 Å². The lowest BCUT2D eigenvalue weighted by Crippen LogP contribution is -2.39. The maximum absolute atomic E-state index is 12.4. The maximum Gasteiger partial charge on any atom is 0.328 e. The molecule has 0 radical (unpaired) electrons. The molecule has 0 bridgehead atoms. The van der Waals surface area contributed by atoms with Crippen molar-refractivity contribution in [3.8, 4) is 11.1 Å². The van der Waals surface area contributed by atoms with Gasteiger partial charge in [0.2, 0.25) is 0 Å². The minimum Gasteiger partial charge on any atom is -0.322 e. The van der Waals surface area contributed by atoms with Crippen molar-refractivity contribution in [3.63, 3.8) is 0 Å². The molecule has 0 spiro atoms. The average Bonchev–Trinajstić information content (AvgIpc) is 2.59. The predicted molar refractivity (Wildman–Crippen MR) is 93.0 cm³/mol. The summed E-state index contributed by atoms with van der Waals surface area (Å²) in [5.74, 6) is 0. The average molecular weight is 319 g/mol. The Hall–Kier alpha value is -2.92. The fourth-order valence-electron chi connectivity index (χ4n) is 3.51. The standard InChI is InChI=1S/C19H17N3O2/c1-11-10-22(19(24)21-18(11)23)17-15-9-5-3-7-13(15)12-6-2-4-8-14(12)16(17)20/h2-10,16-17H,20H2,1H3,(H,21,23,24)/t16-,17-/m1/s1. The number of fused-ring (bicyclic) bond motifs is 3. The zero-order chi connectivity index (χ0) is 16.8. The minimum atomic E-state index is -0.444. The number of H-pyrrole nitrogens is 1. The van der Waals surface area contributed by atoms with Crippen LogP contribution < -0.4 is 17.0 Å². The van der Waals surface area contributed by atoms with Gasteiger partial charge in [-0.1, -0.05) is 48.5 Å². The third kappa shape index (κ3) is 2.06. The highest BCUT2D eigenvalue weighted by Crippen LogP contribution is 2.44. The lowest BCUT2D eigenvalue weighted by molar-refractivity contribution is 0.457. The normalized spacial score (nSPS) is 18.8. The summed E-state index contributed by atoms with van der Waals surface area (Å²) in [5, 5.41) is 0. The summed E-state index contributed by atoms with van der Waals surface area (Å²) in [6.07, 6.45) is 1.59. The van der Waals surface area contributed by atoms with Crippen LogP contribution in [-0.4, -0.2) is 9.55 Å². The topological polar surface area (TPSA) is 80.9 Å². The van der Waals surface area contributed by atoms with Gasteiger partial charge in [0.25, 0.3) is 5.56 Å². The van der Waals surface area contributed by atoms with E-state index in [1.165, 1.54) is 4.57 Å². The number of rotatable bonds is 1. The van der Waals surface area contributed by atoms with E-state index in [1.54, 1.807) is 13.1 Å². The monoisotopic (exact) mass is 319 g/mol. The quantitative estimate of drug-likeness (QED) is 0.721. The van der Waals surface area contributed by atoms with Crippen molar-refractivity contribution in [1.82, 2.24) is 9.55 Å². The van der Waals surface area contributed by atoms with Crippen LogP contribution in [0.5, 0.6) is 0 Å². The first kappa shape index (κ1) is 14.7. The van der Waals surface area contributed by atoms with Gasteiger partial charge < -0.3 is 5.73 Å². The summed E-state index contributed by atoms with van der Waals surface area (Å²) in [5.41, 5.74) is 10.4. The molecule has 1 heterocycles. The van der Waals surface area contributed by atoms with Crippen LogP contribution in [0.2, 0.25) is 0 Å². The second-order valence-corrected chi connectivity index (χ2v) is 6.12. The molecule has 1 aromatic heterocycles. The molecule has 3 N–H and O–H groups in total. The molecule has 2 atom stereocenters. The Morgan fingerprint density at radius 2 is 1.54 bits per heavy atom. The van der Waals surface area contributed by atoms with Crippen LogP contribution in [0, 0.1) is 6.92 Å². The Morgan fingerprint density at radius 3 is 2.25 bits per heavy atom. The molecule has 0 aliphatic heterocycles. The van der Waals surface area contributed by atoms with Gasteiger partial charge in [-0.25, -0.2) is 4.79 Å². The number of nitrogens with zero attached hydrogens (tertiary/aromatic N) is 1. The highest BCUT2D eigenvalue weighted by molar-refractivity contribution is 5.74. The summed E-state index contributed by atoms with van der Waals surface area (Å²) in [4.78, 5) is 26.5. The Balaban J connectivity index is 2.03. The molecule has 0 unspecified atom stereocenters. The number of aryl methyl sites for hydroxylation is 1. The molecule has 0 saturated heterocycles. The van der Waals surface area contributed by atoms with Crippen LogP contribution in [0.15, 0.2) is 64.3 Å². The van der Waals surface area contributed by atoms with Crippen LogP contribution in [0.1, 0.15) is 28.8 Å². The summed E-state index contributed by atoms with van der Waals surface area (Å²) in [6.45, 7) is 1.68. The van der Waals surface area contributed by atoms with Gasteiger partial charge in [0.05, 0.1) is 12.1 Å². The van der Waals surface area contributed by atoms with E-state index in [9.17, 15) is 9.59 Å². The Kier molecular flexibility index (Phi) is 3.25. The van der Waals surface area contributed by atoms with Crippen molar-refractivity contribution >= 4 is 0 Å². The predicted octanol–water partition coefficient (Wildman–Crippen LogP) is 2.11. The molecule has 3 aromatic rings. The number of aromatic amines is 1. The van der Waals surface area contributed by atoms with Gasteiger partial charge in [-0.2, -0.15) is 0 Å². The van der Waals surface area contributed by atoms with E-state index >= 15 is 0 Å². The number of hydrogen-bond acceptors (Lipinski definition) is 3. The van der Waals surface area contributed by atoms with E-state index in [2.05, 4.69) is 4.98 Å². The van der Waals surface area contributed by atoms with Crippen LogP contribution in [0.25, 0.3) is 11.1 Å². The van der Waals surface area contributed by atoms with E-state index in [-0.39, 0.29) is 17.6 Å². The Bertz CT molecular complexity index is 1050. The second-order valence-electron chi connectivity index (χ2n) is 6.12. The zero-order valence-electron chi connectivity index (χ0n) is 13.2. The molecule has 0 amide bonds. The fraction of sp³-hybridized carbons (Fsp3) is 0.158. The molecule has 0 fully saturated rings. The molecule has 120 valence electrons. The summed E-state index contributed by atoms with van der Waals surface area (Å²) in [6, 6.07) is 15.2. The van der Waals surface area contributed by atoms with Crippen LogP contribution in [0.4, 0.5) is 0 Å². The first-order chi connectivity index (χ1) is 11.6. The Morgan fingerprint density at radius 1 is 0.958 bits per heavy atom. The van der Waals surface area contributed by atoms with Crippen LogP contribution in [0.3, 0.4) is 0 Å². The van der Waals surface area contributed by atoms with Gasteiger partial charge in [-0.15, -0.1) is 0 Å². The van der Waals surface area contributed by atoms with Crippen molar-refractivity contribution in [1.29, 1.82) is 0 Å². The van der Waals surface area contributed by atoms with E-state index in [1.807, 2.05) is 48.5 Å². The minimum absolute atomic E-state index is 0.362. The van der Waals surface area contributed by atoms with Crippen molar-refractivity contribution in [2.24, 2.45) is 5.73 Å². The Labute approximate surface area is 138 Å². The van der Waals surface area contributed by atoms with E-state index in [0.29, 0.717) is 5.56 Å². The molecule has 1 aliphatic carbocycles. The van der Waals surface area contributed by atoms with Gasteiger partial charge in [-0.3, -0.25) is 14.3 Å². The molecule has 0 saturated carbocycles. The number of nitrogens with one attached hydrogen (secondary N) is 1. The molecule has 5 nitrogen and oxygen atoms in total. The number of hydrogen-bond donors (Lipinski definition) is 2. The van der Waals surface area contributed by atoms with E-state index < -0.39 is 5.69 Å². The van der Waals surface area contributed by atoms with Crippen molar-refractivity contribution < 1.29 is 0 Å². The summed E-state index contributed by atoms with van der Waals surface area (Å²) in [7, 11) is 0. The molecule has 1 aliphatic rings. The van der Waals surface area contributed by atoms with E-state index in [0.717, 1.165) is 22.3 Å². The number of benzene rings is 2. The fourth-order valence-corrected chi connectivity index (χ4v) is 3.51. The summed E-state index contributed by atoms with van der Waals surface area (Å²) >= 11 is 0. The SMILES string of the molecule is Cc1cn([C@@H]2c3ccccc3-c3ccccc3[C@H]2N)c(=O)[nH]c1=O. The lowest BCUT2D eigenvalue weighted by atomic mass is 9.79. The first-order valence-corrected chi connectivity index (χ1v) is 7.84. The van der Waals surface area contributed by atoms with Crippen molar-refractivity contribution in [3.05, 3.63) is 92.3 Å². The highest BCUT2D eigenvalue weighted by Gasteiger charge is 2.33. The van der Waals surface area contributed by atoms with Crippen LogP contribution in [-0.2, 0) is 0 Å². The third-order valence-electron chi connectivity index (χ3n) is 4.68. The summed E-state index contributed by atoms with van der Waals surface area (Å²) < 4.78 is 1.54. The van der Waals surface area contributed by atoms with Gasteiger partial charge in [-0.05, 0) is 29.2 Å². The third-order valence-corrected chi connectivity index (χ3v) is 4.68. The molecular weight excluding hydrogens is 302 g/mol. The van der Waals surface area contributed by atoms with Crippen LogP contribution >= 0.6 is 0 Å². The largest absolute Gasteiger partial charge is 0.328 e. The number of nitrogens with two attached hydrogens (primary N) is 1.